The summed E-state index contributed by atoms with van der Waals surface area (Å²) in [7, 11) is 0. The predicted octanol–water partition coefficient (Wildman–Crippen LogP) is -0.118. The van der Waals surface area contributed by atoms with Crippen molar-refractivity contribution in [1.29, 1.82) is 0 Å². The number of thiazole rings is 1. The first-order valence-electron chi connectivity index (χ1n) is 8.50. The second kappa shape index (κ2) is 11.9. The van der Waals surface area contributed by atoms with E-state index in [-0.39, 0.29) is 23.9 Å². The molecule has 1 heterocycles. The molecule has 2 rings (SSSR count). The molecular formula is C15H22N8O6S. The molecule has 30 heavy (non-hydrogen) atoms. The zero-order chi connectivity index (χ0) is 22.7. The Kier molecular flexibility index (Phi) is 9.67. The van der Waals surface area contributed by atoms with Gasteiger partial charge in [-0.3, -0.25) is 0 Å². The van der Waals surface area contributed by atoms with Crippen molar-refractivity contribution in [3.63, 3.8) is 0 Å². The molecule has 0 spiro atoms. The van der Waals surface area contributed by atoms with E-state index in [1.54, 1.807) is 0 Å². The van der Waals surface area contributed by atoms with Crippen LogP contribution in [-0.4, -0.2) is 50.1 Å². The molecule has 1 saturated carbocycles. The molecular weight excluding hydrogens is 420 g/mol. The summed E-state index contributed by atoms with van der Waals surface area (Å²) in [5.41, 5.74) is 17.1. The molecule has 1 aliphatic carbocycles. The van der Waals surface area contributed by atoms with E-state index in [0.717, 1.165) is 31.4 Å². The third-order valence-corrected chi connectivity index (χ3v) is 4.49. The fourth-order valence-electron chi connectivity index (χ4n) is 2.68. The topological polar surface area (TPSA) is 245 Å². The van der Waals surface area contributed by atoms with Crippen molar-refractivity contribution in [2.24, 2.45) is 27.3 Å². The molecule has 2 atom stereocenters. The molecule has 9 N–H and O–H groups in total. The summed E-state index contributed by atoms with van der Waals surface area (Å²) in [6.07, 6.45) is 4.75. The number of nitrogens with one attached hydrogen (secondary N) is 1. The molecule has 14 nitrogen and oxygen atoms in total. The highest BCUT2D eigenvalue weighted by atomic mass is 32.1. The van der Waals surface area contributed by atoms with E-state index < -0.39 is 17.0 Å². The van der Waals surface area contributed by atoms with Gasteiger partial charge in [0.25, 0.3) is 5.96 Å². The summed E-state index contributed by atoms with van der Waals surface area (Å²) in [5.74, 6) is -2.46. The van der Waals surface area contributed by atoms with Gasteiger partial charge in [-0.1, -0.05) is 6.42 Å². The monoisotopic (exact) mass is 442 g/mol. The zero-order valence-electron chi connectivity index (χ0n) is 15.7. The molecule has 0 amide bonds. The molecule has 0 aliphatic heterocycles. The van der Waals surface area contributed by atoms with Gasteiger partial charge in [-0.05, 0) is 19.3 Å². The van der Waals surface area contributed by atoms with Gasteiger partial charge in [0.2, 0.25) is 5.13 Å². The van der Waals surface area contributed by atoms with Crippen LogP contribution in [0.15, 0.2) is 27.6 Å². The summed E-state index contributed by atoms with van der Waals surface area (Å²) in [5, 5.41) is 33.5. The molecule has 0 radical (unpaired) electrons. The molecule has 164 valence electrons. The van der Waals surface area contributed by atoms with Gasteiger partial charge in [0.15, 0.2) is 11.0 Å². The van der Waals surface area contributed by atoms with Crippen LogP contribution >= 0.6 is 11.3 Å². The first-order chi connectivity index (χ1) is 14.1. The number of aromatic nitrogens is 1. The summed E-state index contributed by atoms with van der Waals surface area (Å²) < 4.78 is 0. The molecule has 15 heteroatoms. The average Bonchev–Trinajstić information content (AvgIpc) is 3.08. The Morgan fingerprint density at radius 3 is 2.43 bits per heavy atom. The van der Waals surface area contributed by atoms with Crippen molar-refractivity contribution in [3.8, 4) is 0 Å². The summed E-state index contributed by atoms with van der Waals surface area (Å²) in [4.78, 5) is 37.7. The third-order valence-electron chi connectivity index (χ3n) is 3.74. The zero-order valence-corrected chi connectivity index (χ0v) is 16.5. The minimum absolute atomic E-state index is 0.0205. The Morgan fingerprint density at radius 1 is 1.27 bits per heavy atom. The number of hydrogen-bond acceptors (Lipinski definition) is 7. The molecule has 1 aliphatic rings. The normalized spacial score (nSPS) is 18.7. The van der Waals surface area contributed by atoms with Gasteiger partial charge >= 0.3 is 11.9 Å². The first-order valence-corrected chi connectivity index (χ1v) is 9.38. The number of guanidine groups is 2. The summed E-state index contributed by atoms with van der Waals surface area (Å²) in [6, 6.07) is 0.0377. The maximum atomic E-state index is 10.3. The van der Waals surface area contributed by atoms with E-state index in [1.807, 2.05) is 5.38 Å². The number of rotatable bonds is 6. The number of nitrogens with two attached hydrogens (primary N) is 3. The number of aliphatic carboxylic acids is 2. The number of hydrogen-bond donors (Lipinski definition) is 6. The maximum Gasteiger partial charge on any atom is 0.328 e. The minimum Gasteiger partial charge on any atom is -0.478 e. The molecule has 0 bridgehead atoms. The molecule has 1 aromatic rings. The van der Waals surface area contributed by atoms with Crippen LogP contribution in [0.4, 0.5) is 5.13 Å². The van der Waals surface area contributed by atoms with E-state index >= 15 is 0 Å². The van der Waals surface area contributed by atoms with Gasteiger partial charge in [0.05, 0.1) is 5.69 Å². The highest BCUT2D eigenvalue weighted by Gasteiger charge is 2.25. The molecule has 0 aromatic carbocycles. The van der Waals surface area contributed by atoms with Gasteiger partial charge in [-0.25, -0.2) is 24.7 Å². The number of nitrogens with zero attached hydrogens (tertiary/aromatic N) is 4. The Hall–Kier alpha value is -3.75. The van der Waals surface area contributed by atoms with Crippen molar-refractivity contribution in [1.82, 2.24) is 10.3 Å². The van der Waals surface area contributed by atoms with Crippen LogP contribution in [0.3, 0.4) is 0 Å². The van der Waals surface area contributed by atoms with E-state index in [4.69, 9.17) is 27.4 Å². The maximum absolute atomic E-state index is 10.3. The lowest BCUT2D eigenvalue weighted by molar-refractivity contribution is -0.485. The average molecular weight is 442 g/mol. The number of carboxylic acids is 2. The van der Waals surface area contributed by atoms with Crippen LogP contribution in [0.5, 0.6) is 0 Å². The lowest BCUT2D eigenvalue weighted by Gasteiger charge is -2.28. The van der Waals surface area contributed by atoms with Crippen molar-refractivity contribution in [2.75, 3.05) is 0 Å². The van der Waals surface area contributed by atoms with Gasteiger partial charge < -0.3 is 32.7 Å². The van der Waals surface area contributed by atoms with Gasteiger partial charge in [0.1, 0.15) is 5.10 Å². The summed E-state index contributed by atoms with van der Waals surface area (Å²) >= 11 is 1.38. The number of carboxylic acid groups (broad SMARTS) is 2. The van der Waals surface area contributed by atoms with E-state index in [1.165, 1.54) is 11.3 Å². The van der Waals surface area contributed by atoms with E-state index in [2.05, 4.69) is 20.4 Å². The van der Waals surface area contributed by atoms with Crippen molar-refractivity contribution in [2.45, 2.75) is 37.6 Å². The van der Waals surface area contributed by atoms with Gasteiger partial charge in [-0.15, -0.1) is 11.3 Å². The Balaban J connectivity index is 0.000000479. The number of aliphatic imine (C=N–C) groups is 1. The van der Waals surface area contributed by atoms with Crippen LogP contribution < -0.4 is 22.5 Å². The van der Waals surface area contributed by atoms with E-state index in [0.29, 0.717) is 17.3 Å². The van der Waals surface area contributed by atoms with Crippen molar-refractivity contribution < 1.29 is 24.8 Å². The Labute approximate surface area is 174 Å². The smallest absolute Gasteiger partial charge is 0.328 e. The molecule has 0 saturated heterocycles. The Morgan fingerprint density at radius 2 is 1.90 bits per heavy atom. The second-order valence-electron chi connectivity index (χ2n) is 6.03. The van der Waals surface area contributed by atoms with Crippen LogP contribution in [0.1, 0.15) is 37.3 Å². The highest BCUT2D eigenvalue weighted by molar-refractivity contribution is 7.13. The SMILES string of the molecule is NC(N)=Nc1nc(C2CCCC(NC(N)=N[N+](=O)[O-])C2)cs1.O=C(O)/C=C\C(=O)O. The fraction of sp³-hybridized carbons (Fsp3) is 0.400. The number of nitro groups is 1. The van der Waals surface area contributed by atoms with Crippen LogP contribution in [0.25, 0.3) is 0 Å². The molecule has 2 unspecified atom stereocenters. The van der Waals surface area contributed by atoms with E-state index in [9.17, 15) is 19.7 Å². The lowest BCUT2D eigenvalue weighted by atomic mass is 9.84. The van der Waals surface area contributed by atoms with Crippen LogP contribution in [-0.2, 0) is 9.59 Å². The largest absolute Gasteiger partial charge is 0.478 e. The highest BCUT2D eigenvalue weighted by Crippen LogP contribution is 2.34. The number of hydrazone groups is 1. The van der Waals surface area contributed by atoms with Crippen molar-refractivity contribution >= 4 is 40.3 Å². The molecule has 1 fully saturated rings. The predicted molar refractivity (Wildman–Crippen MR) is 109 cm³/mol. The second-order valence-corrected chi connectivity index (χ2v) is 6.87. The summed E-state index contributed by atoms with van der Waals surface area (Å²) in [6.45, 7) is 0. The van der Waals surface area contributed by atoms with Gasteiger partial charge in [0, 0.05) is 29.5 Å². The van der Waals surface area contributed by atoms with Gasteiger partial charge in [-0.2, -0.15) is 4.99 Å². The minimum atomic E-state index is -1.26. The van der Waals surface area contributed by atoms with Crippen LogP contribution in [0, 0.1) is 10.1 Å². The molecule has 1 aromatic heterocycles. The van der Waals surface area contributed by atoms with Crippen molar-refractivity contribution in [3.05, 3.63) is 33.3 Å². The van der Waals surface area contributed by atoms with Crippen LogP contribution in [0.2, 0.25) is 0 Å². The fourth-order valence-corrected chi connectivity index (χ4v) is 3.47. The lowest BCUT2D eigenvalue weighted by Crippen LogP contribution is -2.42. The standard InChI is InChI=1S/C11H18N8O2S.C4H4O4/c12-9(13)17-11-16-8(5-22-11)6-2-1-3-7(4-6)15-10(14)18-19(20)21;5-3(6)1-2-4(7)8/h5-7H,1-4H2,(H3,14,15,18)(H4,12,13,16,17);1-2H,(H,5,6)(H,7,8)/b;2-1-. The third kappa shape index (κ3) is 9.98. The Bertz CT molecular complexity index is 832. The quantitative estimate of drug-likeness (QED) is 0.111. The number of carbonyl (C=O) groups is 2. The first kappa shape index (κ1) is 24.3.